The molecule has 100 valence electrons. The molecule has 0 aliphatic heterocycles. The Morgan fingerprint density at radius 2 is 2.25 bits per heavy atom. The van der Waals surface area contributed by atoms with Crippen LogP contribution in [0.5, 0.6) is 0 Å². The van der Waals surface area contributed by atoms with Crippen molar-refractivity contribution < 1.29 is 0 Å². The predicted molar refractivity (Wildman–Crippen MR) is 80.8 cm³/mol. The average molecular weight is 263 g/mol. The molecule has 2 aromatic rings. The lowest BCUT2D eigenvalue weighted by molar-refractivity contribution is 0.584. The van der Waals surface area contributed by atoms with E-state index in [9.17, 15) is 5.26 Å². The van der Waals surface area contributed by atoms with E-state index in [1.54, 1.807) is 0 Å². The van der Waals surface area contributed by atoms with Gasteiger partial charge in [-0.05, 0) is 37.3 Å². The van der Waals surface area contributed by atoms with Gasteiger partial charge in [-0.1, -0.05) is 30.4 Å². The number of benzene rings is 1. The van der Waals surface area contributed by atoms with Gasteiger partial charge in [0.2, 0.25) is 0 Å². The molecule has 0 saturated carbocycles. The Kier molecular flexibility index (Phi) is 3.39. The predicted octanol–water partition coefficient (Wildman–Crippen LogP) is 3.84. The van der Waals surface area contributed by atoms with Gasteiger partial charge < -0.3 is 4.57 Å². The van der Waals surface area contributed by atoms with Gasteiger partial charge in [-0.15, -0.1) is 0 Å². The molecule has 0 spiro atoms. The standard InChI is InChI=1S/C17H17N3/c1-20-16-10-6-5-9-15(16)19-17(20)14(12-18)11-13-7-3-2-4-8-13/h2-3,5-6,9-11,13H,4,7-8H2,1H3/b14-11+/t13-/m1/s1. The first-order chi connectivity index (χ1) is 9.79. The molecule has 1 aromatic carbocycles. The molecule has 3 heteroatoms. The normalized spacial score (nSPS) is 19.2. The third kappa shape index (κ3) is 2.25. The Balaban J connectivity index is 2.03. The second kappa shape index (κ2) is 5.34. The molecule has 20 heavy (non-hydrogen) atoms. The number of imidazole rings is 1. The molecule has 1 atom stereocenters. The molecule has 0 amide bonds. The van der Waals surface area contributed by atoms with E-state index in [2.05, 4.69) is 29.3 Å². The summed E-state index contributed by atoms with van der Waals surface area (Å²) >= 11 is 0. The SMILES string of the molecule is Cn1c(/C(C#N)=C/[C@@H]2CC=CCC2)nc2ccccc21. The summed E-state index contributed by atoms with van der Waals surface area (Å²) in [5.74, 6) is 1.22. The van der Waals surface area contributed by atoms with Crippen molar-refractivity contribution in [3.05, 3.63) is 48.3 Å². The molecule has 0 unspecified atom stereocenters. The molecular formula is C17H17N3. The molecule has 3 rings (SSSR count). The lowest BCUT2D eigenvalue weighted by atomic mass is 9.92. The molecule has 0 N–H and O–H groups in total. The summed E-state index contributed by atoms with van der Waals surface area (Å²) in [6.07, 6.45) is 9.74. The van der Waals surface area contributed by atoms with Crippen LogP contribution in [0.2, 0.25) is 0 Å². The molecule has 3 nitrogen and oxygen atoms in total. The van der Waals surface area contributed by atoms with Gasteiger partial charge in [-0.3, -0.25) is 0 Å². The van der Waals surface area contributed by atoms with E-state index in [0.717, 1.165) is 36.1 Å². The number of nitrogens with zero attached hydrogens (tertiary/aromatic N) is 3. The Hall–Kier alpha value is -2.34. The van der Waals surface area contributed by atoms with Crippen molar-refractivity contribution >= 4 is 16.6 Å². The van der Waals surface area contributed by atoms with Crippen molar-refractivity contribution in [2.24, 2.45) is 13.0 Å². The quantitative estimate of drug-likeness (QED) is 0.610. The number of fused-ring (bicyclic) bond motifs is 1. The van der Waals surface area contributed by atoms with Crippen LogP contribution in [0.25, 0.3) is 16.6 Å². The molecule has 1 aliphatic rings. The van der Waals surface area contributed by atoms with Crippen LogP contribution in [0.3, 0.4) is 0 Å². The zero-order chi connectivity index (χ0) is 13.9. The van der Waals surface area contributed by atoms with Gasteiger partial charge >= 0.3 is 0 Å². The molecule has 0 bridgehead atoms. The van der Waals surface area contributed by atoms with E-state index in [-0.39, 0.29) is 0 Å². The summed E-state index contributed by atoms with van der Waals surface area (Å²) in [7, 11) is 1.97. The third-order valence-corrected chi connectivity index (χ3v) is 3.86. The van der Waals surface area contributed by atoms with Crippen LogP contribution in [0, 0.1) is 17.2 Å². The zero-order valence-corrected chi connectivity index (χ0v) is 11.6. The van der Waals surface area contributed by atoms with Crippen molar-refractivity contribution in [2.45, 2.75) is 19.3 Å². The Morgan fingerprint density at radius 1 is 1.40 bits per heavy atom. The number of aryl methyl sites for hydroxylation is 1. The highest BCUT2D eigenvalue weighted by Crippen LogP contribution is 2.25. The fourth-order valence-corrected chi connectivity index (χ4v) is 2.75. The van der Waals surface area contributed by atoms with Gasteiger partial charge in [0.15, 0.2) is 5.82 Å². The Morgan fingerprint density at radius 3 is 2.95 bits per heavy atom. The van der Waals surface area contributed by atoms with Gasteiger partial charge in [0, 0.05) is 7.05 Å². The first kappa shape index (κ1) is 12.7. The smallest absolute Gasteiger partial charge is 0.151 e. The van der Waals surface area contributed by atoms with E-state index in [1.807, 2.05) is 35.9 Å². The summed E-state index contributed by atoms with van der Waals surface area (Å²) in [6.45, 7) is 0. The van der Waals surface area contributed by atoms with Crippen LogP contribution in [0.15, 0.2) is 42.5 Å². The zero-order valence-electron chi connectivity index (χ0n) is 11.6. The van der Waals surface area contributed by atoms with Crippen LogP contribution in [0.1, 0.15) is 25.1 Å². The summed E-state index contributed by atoms with van der Waals surface area (Å²) in [5, 5.41) is 9.47. The average Bonchev–Trinajstić information content (AvgIpc) is 2.83. The maximum absolute atomic E-state index is 9.47. The highest BCUT2D eigenvalue weighted by molar-refractivity contribution is 5.83. The van der Waals surface area contributed by atoms with Crippen LogP contribution in [-0.4, -0.2) is 9.55 Å². The Labute approximate surface area is 118 Å². The molecule has 1 heterocycles. The number of hydrogen-bond acceptors (Lipinski definition) is 2. The minimum Gasteiger partial charge on any atom is -0.327 e. The lowest BCUT2D eigenvalue weighted by Crippen LogP contribution is -2.02. The molecule has 1 aliphatic carbocycles. The van der Waals surface area contributed by atoms with E-state index >= 15 is 0 Å². The fraction of sp³-hybridized carbons (Fsp3) is 0.294. The maximum atomic E-state index is 9.47. The van der Waals surface area contributed by atoms with Crippen molar-refractivity contribution in [1.82, 2.24) is 9.55 Å². The van der Waals surface area contributed by atoms with E-state index in [1.165, 1.54) is 0 Å². The third-order valence-electron chi connectivity index (χ3n) is 3.86. The minimum absolute atomic E-state index is 0.453. The number of nitriles is 1. The molecule has 0 saturated heterocycles. The van der Waals surface area contributed by atoms with Gasteiger partial charge in [0.25, 0.3) is 0 Å². The summed E-state index contributed by atoms with van der Waals surface area (Å²) < 4.78 is 2.00. The summed E-state index contributed by atoms with van der Waals surface area (Å²) in [4.78, 5) is 4.60. The van der Waals surface area contributed by atoms with E-state index in [4.69, 9.17) is 0 Å². The Bertz CT molecular complexity index is 728. The van der Waals surface area contributed by atoms with Crippen molar-refractivity contribution in [3.63, 3.8) is 0 Å². The second-order valence-electron chi connectivity index (χ2n) is 5.22. The maximum Gasteiger partial charge on any atom is 0.151 e. The van der Waals surface area contributed by atoms with Crippen LogP contribution >= 0.6 is 0 Å². The van der Waals surface area contributed by atoms with E-state index in [0.29, 0.717) is 11.5 Å². The number of rotatable bonds is 2. The minimum atomic E-state index is 0.453. The van der Waals surface area contributed by atoms with Crippen molar-refractivity contribution in [3.8, 4) is 6.07 Å². The van der Waals surface area contributed by atoms with Crippen molar-refractivity contribution in [1.29, 1.82) is 5.26 Å². The number of aromatic nitrogens is 2. The largest absolute Gasteiger partial charge is 0.327 e. The molecule has 1 aromatic heterocycles. The van der Waals surface area contributed by atoms with Crippen LogP contribution in [-0.2, 0) is 7.05 Å². The van der Waals surface area contributed by atoms with Gasteiger partial charge in [-0.25, -0.2) is 4.98 Å². The highest BCUT2D eigenvalue weighted by Gasteiger charge is 2.14. The number of allylic oxidation sites excluding steroid dienone is 4. The van der Waals surface area contributed by atoms with Gasteiger partial charge in [0.05, 0.1) is 16.6 Å². The lowest BCUT2D eigenvalue weighted by Gasteiger charge is -2.13. The monoisotopic (exact) mass is 263 g/mol. The summed E-state index contributed by atoms with van der Waals surface area (Å²) in [5.41, 5.74) is 2.69. The van der Waals surface area contributed by atoms with Gasteiger partial charge in [0.1, 0.15) is 6.07 Å². The van der Waals surface area contributed by atoms with Crippen LogP contribution < -0.4 is 0 Å². The summed E-state index contributed by atoms with van der Waals surface area (Å²) in [6, 6.07) is 10.3. The molecule has 0 fully saturated rings. The fourth-order valence-electron chi connectivity index (χ4n) is 2.75. The van der Waals surface area contributed by atoms with Crippen molar-refractivity contribution in [2.75, 3.05) is 0 Å². The molecule has 0 radical (unpaired) electrons. The second-order valence-corrected chi connectivity index (χ2v) is 5.22. The molecular weight excluding hydrogens is 246 g/mol. The van der Waals surface area contributed by atoms with Crippen LogP contribution in [0.4, 0.5) is 0 Å². The first-order valence-corrected chi connectivity index (χ1v) is 6.98. The number of hydrogen-bond donors (Lipinski definition) is 0. The first-order valence-electron chi connectivity index (χ1n) is 6.98. The topological polar surface area (TPSA) is 41.6 Å². The number of para-hydroxylation sites is 2. The van der Waals surface area contributed by atoms with Gasteiger partial charge in [-0.2, -0.15) is 5.26 Å². The highest BCUT2D eigenvalue weighted by atomic mass is 15.1. The van der Waals surface area contributed by atoms with E-state index < -0.39 is 0 Å².